The van der Waals surface area contributed by atoms with Gasteiger partial charge in [-0.25, -0.2) is 4.98 Å². The van der Waals surface area contributed by atoms with Crippen molar-refractivity contribution in [1.29, 1.82) is 0 Å². The number of carbonyl (C=O) groups is 2. The van der Waals surface area contributed by atoms with Crippen LogP contribution in [0.15, 0.2) is 64.5 Å². The smallest absolute Gasteiger partial charge is 0.316 e. The van der Waals surface area contributed by atoms with E-state index >= 15 is 0 Å². The van der Waals surface area contributed by atoms with E-state index < -0.39 is 5.41 Å². The highest BCUT2D eigenvalue weighted by Crippen LogP contribution is 2.49. The minimum absolute atomic E-state index is 0.0455. The Morgan fingerprint density at radius 3 is 2.41 bits per heavy atom. The van der Waals surface area contributed by atoms with Crippen molar-refractivity contribution < 1.29 is 14.3 Å². The molecular formula is C35H40N4O4S. The first-order chi connectivity index (χ1) is 21.4. The molecule has 2 aromatic carbocycles. The zero-order valence-electron chi connectivity index (χ0n) is 25.4. The summed E-state index contributed by atoms with van der Waals surface area (Å²) in [6, 6.07) is 18.0. The summed E-state index contributed by atoms with van der Waals surface area (Å²) in [6.45, 7) is 3.10. The van der Waals surface area contributed by atoms with Gasteiger partial charge in [0.25, 0.3) is 5.56 Å². The Morgan fingerprint density at radius 1 is 1.00 bits per heavy atom. The number of benzene rings is 2. The molecular weight excluding hydrogens is 572 g/mol. The molecule has 0 bridgehead atoms. The quantitative estimate of drug-likeness (QED) is 0.265. The minimum atomic E-state index is -0.454. The minimum Gasteiger partial charge on any atom is -0.468 e. The molecule has 44 heavy (non-hydrogen) atoms. The lowest BCUT2D eigenvalue weighted by atomic mass is 9.93. The molecule has 4 aliphatic rings. The van der Waals surface area contributed by atoms with Crippen LogP contribution in [0.4, 0.5) is 0 Å². The summed E-state index contributed by atoms with van der Waals surface area (Å²) in [6.07, 6.45) is 8.37. The van der Waals surface area contributed by atoms with Crippen LogP contribution in [0.2, 0.25) is 0 Å². The van der Waals surface area contributed by atoms with Gasteiger partial charge in [-0.2, -0.15) is 0 Å². The Kier molecular flexibility index (Phi) is 8.10. The topological polar surface area (TPSA) is 84.7 Å². The number of likely N-dealkylation sites (tertiary alicyclic amines) is 1. The van der Waals surface area contributed by atoms with Crippen molar-refractivity contribution in [1.82, 2.24) is 19.4 Å². The van der Waals surface area contributed by atoms with E-state index in [1.54, 1.807) is 16.3 Å². The Hall–Kier alpha value is -3.43. The summed E-state index contributed by atoms with van der Waals surface area (Å²) in [5, 5.41) is 1.27. The van der Waals surface area contributed by atoms with Crippen molar-refractivity contribution in [2.24, 2.45) is 5.92 Å². The maximum absolute atomic E-state index is 14.0. The maximum Gasteiger partial charge on any atom is 0.316 e. The van der Waals surface area contributed by atoms with E-state index in [-0.39, 0.29) is 23.4 Å². The Morgan fingerprint density at radius 2 is 1.73 bits per heavy atom. The van der Waals surface area contributed by atoms with Crippen molar-refractivity contribution in [3.05, 3.63) is 87.3 Å². The van der Waals surface area contributed by atoms with E-state index in [4.69, 9.17) is 9.72 Å². The predicted molar refractivity (Wildman–Crippen MR) is 170 cm³/mol. The summed E-state index contributed by atoms with van der Waals surface area (Å²) in [7, 11) is 1.45. The number of rotatable bonds is 8. The fraction of sp³-hybridized carbons (Fsp3) is 0.486. The van der Waals surface area contributed by atoms with Gasteiger partial charge in [0, 0.05) is 37.8 Å². The van der Waals surface area contributed by atoms with Crippen molar-refractivity contribution in [2.75, 3.05) is 26.7 Å². The van der Waals surface area contributed by atoms with Crippen LogP contribution in [0, 0.1) is 5.92 Å². The molecule has 3 aromatic rings. The molecule has 1 saturated heterocycles. The highest BCUT2D eigenvalue weighted by atomic mass is 32.2. The van der Waals surface area contributed by atoms with Gasteiger partial charge >= 0.3 is 5.97 Å². The number of nitrogens with zero attached hydrogens (tertiary/aromatic N) is 4. The standard InChI is InChI=1S/C35H40N4O4S/c1-43-33(42)35(17-18-35)26-14-12-24(13-15-26)20-37-21-25(22-37)31(40)38-19-16-30-29(23-38)32(41)39(27-8-4-2-5-9-27)34(36-30)44-28-10-6-3-7-11-28/h2,4-5,8-9,12-15,25,28H,3,6-7,10-11,16-23H2,1H3. The molecule has 0 unspecified atom stereocenters. The number of aromatic nitrogens is 2. The molecule has 9 heteroatoms. The monoisotopic (exact) mass is 612 g/mol. The third-order valence-corrected chi connectivity index (χ3v) is 11.2. The second-order valence-electron chi connectivity index (χ2n) is 12.8. The van der Waals surface area contributed by atoms with Crippen LogP contribution in [-0.2, 0) is 39.3 Å². The van der Waals surface area contributed by atoms with Crippen molar-refractivity contribution in [3.63, 3.8) is 0 Å². The maximum atomic E-state index is 14.0. The first-order valence-electron chi connectivity index (χ1n) is 16.0. The van der Waals surface area contributed by atoms with Crippen LogP contribution in [0.5, 0.6) is 0 Å². The van der Waals surface area contributed by atoms with E-state index in [1.807, 2.05) is 47.4 Å². The first-order valence-corrected chi connectivity index (χ1v) is 16.9. The summed E-state index contributed by atoms with van der Waals surface area (Å²) < 4.78 is 6.79. The number of fused-ring (bicyclic) bond motifs is 1. The number of amides is 1. The molecule has 2 saturated carbocycles. The van der Waals surface area contributed by atoms with Crippen LogP contribution in [0.1, 0.15) is 67.3 Å². The van der Waals surface area contributed by atoms with Crippen molar-refractivity contribution in [2.45, 2.75) is 80.3 Å². The molecule has 3 fully saturated rings. The lowest BCUT2D eigenvalue weighted by Gasteiger charge is -2.41. The second kappa shape index (κ2) is 12.2. The Bertz CT molecular complexity index is 1590. The van der Waals surface area contributed by atoms with E-state index in [0.29, 0.717) is 43.4 Å². The second-order valence-corrected chi connectivity index (χ2v) is 14.1. The van der Waals surface area contributed by atoms with Gasteiger partial charge in [-0.3, -0.25) is 23.9 Å². The zero-order chi connectivity index (χ0) is 30.3. The third kappa shape index (κ3) is 5.60. The molecule has 230 valence electrons. The lowest BCUT2D eigenvalue weighted by molar-refractivity contribution is -0.144. The number of esters is 1. The van der Waals surface area contributed by atoms with Gasteiger partial charge < -0.3 is 9.64 Å². The highest BCUT2D eigenvalue weighted by molar-refractivity contribution is 7.99. The molecule has 8 nitrogen and oxygen atoms in total. The van der Waals surface area contributed by atoms with Gasteiger partial charge in [0.2, 0.25) is 5.91 Å². The summed E-state index contributed by atoms with van der Waals surface area (Å²) in [4.78, 5) is 49.0. The van der Waals surface area contributed by atoms with Crippen LogP contribution in [-0.4, -0.2) is 63.2 Å². The molecule has 2 aliphatic heterocycles. The molecule has 0 radical (unpaired) electrons. The molecule has 3 heterocycles. The predicted octanol–water partition coefficient (Wildman–Crippen LogP) is 4.88. The molecule has 1 aromatic heterocycles. The van der Waals surface area contributed by atoms with Crippen LogP contribution in [0.25, 0.3) is 5.69 Å². The van der Waals surface area contributed by atoms with Gasteiger partial charge in [0.15, 0.2) is 5.16 Å². The third-order valence-electron chi connectivity index (χ3n) is 9.89. The zero-order valence-corrected chi connectivity index (χ0v) is 26.2. The number of ether oxygens (including phenoxy) is 1. The highest BCUT2D eigenvalue weighted by Gasteiger charge is 2.52. The fourth-order valence-electron chi connectivity index (χ4n) is 7.09. The first kappa shape index (κ1) is 29.3. The lowest BCUT2D eigenvalue weighted by Crippen LogP contribution is -2.55. The van der Waals surface area contributed by atoms with E-state index in [1.165, 1.54) is 31.9 Å². The van der Waals surface area contributed by atoms with Gasteiger partial charge in [0.05, 0.1) is 41.9 Å². The molecule has 0 atom stereocenters. The normalized spacial score (nSPS) is 20.1. The summed E-state index contributed by atoms with van der Waals surface area (Å²) in [5.74, 6) is -0.0825. The average molecular weight is 613 g/mol. The van der Waals surface area contributed by atoms with E-state index in [9.17, 15) is 14.4 Å². The number of carbonyl (C=O) groups excluding carboxylic acids is 2. The van der Waals surface area contributed by atoms with Gasteiger partial charge in [-0.05, 0) is 48.9 Å². The summed E-state index contributed by atoms with van der Waals surface area (Å²) in [5.41, 5.74) is 4.02. The van der Waals surface area contributed by atoms with Crippen LogP contribution >= 0.6 is 11.8 Å². The largest absolute Gasteiger partial charge is 0.468 e. The molecule has 2 aliphatic carbocycles. The number of hydrogen-bond donors (Lipinski definition) is 0. The van der Waals surface area contributed by atoms with E-state index in [2.05, 4.69) is 17.0 Å². The molecule has 0 N–H and O–H groups in total. The van der Waals surface area contributed by atoms with E-state index in [0.717, 1.165) is 54.3 Å². The van der Waals surface area contributed by atoms with Gasteiger partial charge in [0.1, 0.15) is 0 Å². The van der Waals surface area contributed by atoms with Gasteiger partial charge in [-0.15, -0.1) is 0 Å². The van der Waals surface area contributed by atoms with Crippen molar-refractivity contribution >= 4 is 23.6 Å². The van der Waals surface area contributed by atoms with Crippen LogP contribution in [0.3, 0.4) is 0 Å². The number of para-hydroxylation sites is 1. The van der Waals surface area contributed by atoms with Crippen LogP contribution < -0.4 is 5.56 Å². The molecule has 0 spiro atoms. The fourth-order valence-corrected chi connectivity index (χ4v) is 8.41. The summed E-state index contributed by atoms with van der Waals surface area (Å²) >= 11 is 1.75. The number of hydrogen-bond acceptors (Lipinski definition) is 7. The Balaban J connectivity index is 1.01. The Labute approximate surface area is 262 Å². The average Bonchev–Trinajstić information content (AvgIpc) is 3.85. The van der Waals surface area contributed by atoms with Crippen molar-refractivity contribution in [3.8, 4) is 5.69 Å². The van der Waals surface area contributed by atoms with Gasteiger partial charge in [-0.1, -0.05) is 73.5 Å². The molecule has 7 rings (SSSR count). The SMILES string of the molecule is COC(=O)C1(c2ccc(CN3CC(C(=O)N4CCc5nc(SC6CCCCC6)n(-c6ccccc6)c(=O)c5C4)C3)cc2)CC1. The molecule has 1 amide bonds. The number of thioether (sulfide) groups is 1. The number of methoxy groups -OCH3 is 1.